The molecule has 0 unspecified atom stereocenters. The summed E-state index contributed by atoms with van der Waals surface area (Å²) in [5.41, 5.74) is 0.877. The number of sulfonamides is 1. The van der Waals surface area contributed by atoms with Gasteiger partial charge in [-0.2, -0.15) is 4.31 Å². The van der Waals surface area contributed by atoms with E-state index in [1.165, 1.54) is 0 Å². The number of piperidine rings is 1. The summed E-state index contributed by atoms with van der Waals surface area (Å²) in [4.78, 5) is 0.377. The molecule has 1 heterocycles. The van der Waals surface area contributed by atoms with E-state index in [0.717, 1.165) is 37.0 Å². The van der Waals surface area contributed by atoms with Gasteiger partial charge in [-0.3, -0.25) is 0 Å². The lowest BCUT2D eigenvalue weighted by Gasteiger charge is -2.29. The van der Waals surface area contributed by atoms with Crippen LogP contribution >= 0.6 is 0 Å². The van der Waals surface area contributed by atoms with Crippen LogP contribution in [0.5, 0.6) is 5.75 Å². The van der Waals surface area contributed by atoms with Gasteiger partial charge < -0.3 is 4.74 Å². The number of nitrogens with zero attached hydrogens (tertiary/aromatic N) is 1. The molecular formula is C17H27NO3S. The number of hydrogen-bond acceptors (Lipinski definition) is 3. The molecule has 1 aromatic carbocycles. The van der Waals surface area contributed by atoms with E-state index in [1.807, 2.05) is 6.92 Å². The van der Waals surface area contributed by atoms with Gasteiger partial charge in [0.15, 0.2) is 0 Å². The molecule has 4 nitrogen and oxygen atoms in total. The van der Waals surface area contributed by atoms with Gasteiger partial charge in [0.2, 0.25) is 10.0 Å². The third-order valence-corrected chi connectivity index (χ3v) is 6.18. The fraction of sp³-hybridized carbons (Fsp3) is 0.647. The van der Waals surface area contributed by atoms with Crippen molar-refractivity contribution in [3.63, 3.8) is 0 Å². The SMILES string of the molecule is CCCCOc1ccc(S(=O)(=O)N2CCC(C)CC2)cc1C. The summed E-state index contributed by atoms with van der Waals surface area (Å²) in [6.07, 6.45) is 3.97. The van der Waals surface area contributed by atoms with Gasteiger partial charge in [-0.15, -0.1) is 0 Å². The molecule has 5 heteroatoms. The van der Waals surface area contributed by atoms with Crippen LogP contribution in [0.2, 0.25) is 0 Å². The van der Waals surface area contributed by atoms with Crippen molar-refractivity contribution in [1.29, 1.82) is 0 Å². The molecule has 1 aliphatic heterocycles. The maximum atomic E-state index is 12.7. The van der Waals surface area contributed by atoms with Crippen molar-refractivity contribution < 1.29 is 13.2 Å². The molecule has 1 saturated heterocycles. The Morgan fingerprint density at radius 1 is 1.27 bits per heavy atom. The Morgan fingerprint density at radius 2 is 1.95 bits per heavy atom. The lowest BCUT2D eigenvalue weighted by Crippen LogP contribution is -2.37. The molecule has 0 atom stereocenters. The Bertz CT molecular complexity index is 590. The molecule has 0 aromatic heterocycles. The monoisotopic (exact) mass is 325 g/mol. The summed E-state index contributed by atoms with van der Waals surface area (Å²) in [5, 5.41) is 0. The number of hydrogen-bond donors (Lipinski definition) is 0. The van der Waals surface area contributed by atoms with Crippen molar-refractivity contribution in [3.05, 3.63) is 23.8 Å². The molecule has 0 aliphatic carbocycles. The fourth-order valence-corrected chi connectivity index (χ4v) is 4.20. The van der Waals surface area contributed by atoms with Gasteiger partial charge in [-0.25, -0.2) is 8.42 Å². The third-order valence-electron chi connectivity index (χ3n) is 4.28. The van der Waals surface area contributed by atoms with Crippen molar-refractivity contribution in [3.8, 4) is 5.75 Å². The van der Waals surface area contributed by atoms with Crippen molar-refractivity contribution in [1.82, 2.24) is 4.31 Å². The number of rotatable bonds is 6. The summed E-state index contributed by atoms with van der Waals surface area (Å²) in [7, 11) is -3.37. The second-order valence-corrected chi connectivity index (χ2v) is 8.15. The first-order chi connectivity index (χ1) is 10.4. The Balaban J connectivity index is 2.12. The van der Waals surface area contributed by atoms with Crippen LogP contribution in [0.15, 0.2) is 23.1 Å². The van der Waals surface area contributed by atoms with Crippen LogP contribution in [0.3, 0.4) is 0 Å². The smallest absolute Gasteiger partial charge is 0.243 e. The lowest BCUT2D eigenvalue weighted by molar-refractivity contribution is 0.288. The maximum Gasteiger partial charge on any atom is 0.243 e. The summed E-state index contributed by atoms with van der Waals surface area (Å²) < 4.78 is 32.7. The Kier molecular flexibility index (Phi) is 5.87. The zero-order valence-electron chi connectivity index (χ0n) is 13.8. The van der Waals surface area contributed by atoms with Gasteiger partial charge >= 0.3 is 0 Å². The summed E-state index contributed by atoms with van der Waals surface area (Å²) in [5.74, 6) is 1.39. The minimum absolute atomic E-state index is 0.377. The van der Waals surface area contributed by atoms with Crippen molar-refractivity contribution >= 4 is 10.0 Å². The standard InChI is InChI=1S/C17H27NO3S/c1-4-5-12-21-17-7-6-16(13-15(17)3)22(19,20)18-10-8-14(2)9-11-18/h6-7,13-14H,4-5,8-12H2,1-3H3. The van der Waals surface area contributed by atoms with Gasteiger partial charge in [0, 0.05) is 13.1 Å². The normalized spacial score (nSPS) is 17.6. The van der Waals surface area contributed by atoms with E-state index in [4.69, 9.17) is 4.74 Å². The molecule has 1 aliphatic rings. The van der Waals surface area contributed by atoms with E-state index in [9.17, 15) is 8.42 Å². The molecule has 22 heavy (non-hydrogen) atoms. The molecule has 0 amide bonds. The number of ether oxygens (including phenoxy) is 1. The minimum Gasteiger partial charge on any atom is -0.493 e. The molecule has 124 valence electrons. The van der Waals surface area contributed by atoms with E-state index in [2.05, 4.69) is 13.8 Å². The Labute approximate surface area is 134 Å². The predicted octanol–water partition coefficient (Wildman–Crippen LogP) is 3.59. The van der Waals surface area contributed by atoms with Crippen LogP contribution in [-0.4, -0.2) is 32.4 Å². The highest BCUT2D eigenvalue weighted by Gasteiger charge is 2.28. The van der Waals surface area contributed by atoms with Crippen LogP contribution in [0, 0.1) is 12.8 Å². The lowest BCUT2D eigenvalue weighted by atomic mass is 10.0. The highest BCUT2D eigenvalue weighted by molar-refractivity contribution is 7.89. The van der Waals surface area contributed by atoms with E-state index < -0.39 is 10.0 Å². The van der Waals surface area contributed by atoms with Crippen LogP contribution in [0.25, 0.3) is 0 Å². The van der Waals surface area contributed by atoms with Crippen molar-refractivity contribution in [2.45, 2.75) is 51.3 Å². The summed E-state index contributed by atoms with van der Waals surface area (Å²) >= 11 is 0. The van der Waals surface area contributed by atoms with E-state index in [1.54, 1.807) is 22.5 Å². The second-order valence-electron chi connectivity index (χ2n) is 6.22. The highest BCUT2D eigenvalue weighted by atomic mass is 32.2. The second kappa shape index (κ2) is 7.47. The molecule has 1 aromatic rings. The zero-order chi connectivity index (χ0) is 16.2. The zero-order valence-corrected chi connectivity index (χ0v) is 14.7. The highest BCUT2D eigenvalue weighted by Crippen LogP contribution is 2.27. The topological polar surface area (TPSA) is 46.6 Å². The van der Waals surface area contributed by atoms with Gasteiger partial charge in [0.05, 0.1) is 11.5 Å². The van der Waals surface area contributed by atoms with Crippen LogP contribution in [-0.2, 0) is 10.0 Å². The first-order valence-electron chi connectivity index (χ1n) is 8.18. The van der Waals surface area contributed by atoms with Gasteiger partial charge in [0.1, 0.15) is 5.75 Å². The summed E-state index contributed by atoms with van der Waals surface area (Å²) in [6.45, 7) is 8.11. The van der Waals surface area contributed by atoms with Crippen LogP contribution in [0.4, 0.5) is 0 Å². The molecule has 0 bridgehead atoms. The van der Waals surface area contributed by atoms with Crippen molar-refractivity contribution in [2.24, 2.45) is 5.92 Å². The number of unbranched alkanes of at least 4 members (excludes halogenated alkanes) is 1. The van der Waals surface area contributed by atoms with Gasteiger partial charge in [-0.05, 0) is 55.9 Å². The molecule has 0 N–H and O–H groups in total. The van der Waals surface area contributed by atoms with Crippen LogP contribution < -0.4 is 4.74 Å². The van der Waals surface area contributed by atoms with Crippen molar-refractivity contribution in [2.75, 3.05) is 19.7 Å². The largest absolute Gasteiger partial charge is 0.493 e. The third kappa shape index (κ3) is 4.02. The number of aryl methyl sites for hydroxylation is 1. The summed E-state index contributed by atoms with van der Waals surface area (Å²) in [6, 6.07) is 5.18. The first-order valence-corrected chi connectivity index (χ1v) is 9.62. The van der Waals surface area contributed by atoms with E-state index in [0.29, 0.717) is 30.5 Å². The average molecular weight is 325 g/mol. The average Bonchev–Trinajstić information content (AvgIpc) is 2.49. The first kappa shape index (κ1) is 17.3. The molecule has 0 radical (unpaired) electrons. The predicted molar refractivity (Wildman–Crippen MR) is 88.7 cm³/mol. The number of benzene rings is 1. The van der Waals surface area contributed by atoms with Crippen LogP contribution in [0.1, 0.15) is 45.1 Å². The quantitative estimate of drug-likeness (QED) is 0.751. The molecule has 1 fully saturated rings. The van der Waals surface area contributed by atoms with Gasteiger partial charge in [-0.1, -0.05) is 20.3 Å². The molecular weight excluding hydrogens is 298 g/mol. The van der Waals surface area contributed by atoms with Gasteiger partial charge in [0.25, 0.3) is 0 Å². The maximum absolute atomic E-state index is 12.7. The Morgan fingerprint density at radius 3 is 2.55 bits per heavy atom. The molecule has 0 saturated carbocycles. The Hall–Kier alpha value is -1.07. The van der Waals surface area contributed by atoms with E-state index in [-0.39, 0.29) is 0 Å². The fourth-order valence-electron chi connectivity index (χ4n) is 2.65. The van der Waals surface area contributed by atoms with E-state index >= 15 is 0 Å². The molecule has 2 rings (SSSR count). The molecule has 0 spiro atoms. The minimum atomic E-state index is -3.37.